The van der Waals surface area contributed by atoms with Crippen LogP contribution in [0, 0.1) is 18.3 Å². The van der Waals surface area contributed by atoms with Crippen LogP contribution < -0.4 is 9.64 Å². The molecule has 0 radical (unpaired) electrons. The Balaban J connectivity index is 2.24. The number of thiophene rings is 1. The Morgan fingerprint density at radius 2 is 1.96 bits per heavy atom. The number of aromatic nitrogens is 2. The maximum absolute atomic E-state index is 9.33. The second-order valence-electron chi connectivity index (χ2n) is 5.46. The van der Waals surface area contributed by atoms with E-state index >= 15 is 0 Å². The molecule has 0 saturated carbocycles. The number of fused-ring (bicyclic) bond motifs is 1. The molecule has 0 aliphatic rings. The fourth-order valence-corrected chi connectivity index (χ4v) is 3.49. The summed E-state index contributed by atoms with van der Waals surface area (Å²) in [6.07, 6.45) is 0. The van der Waals surface area contributed by atoms with Crippen LogP contribution in [0.1, 0.15) is 17.4 Å². The number of nitriles is 1. The molecule has 0 unspecified atom stereocenters. The van der Waals surface area contributed by atoms with Crippen LogP contribution in [-0.2, 0) is 0 Å². The lowest BCUT2D eigenvalue weighted by atomic mass is 10.1. The summed E-state index contributed by atoms with van der Waals surface area (Å²) in [6.45, 7) is 4.86. The number of aryl methyl sites for hydroxylation is 1. The first-order valence-corrected chi connectivity index (χ1v) is 8.47. The van der Waals surface area contributed by atoms with Gasteiger partial charge < -0.3 is 9.64 Å². The lowest BCUT2D eigenvalue weighted by Crippen LogP contribution is -2.18. The maximum atomic E-state index is 9.33. The fraction of sp³-hybridized carbons (Fsp3) is 0.278. The van der Waals surface area contributed by atoms with Gasteiger partial charge in [0.2, 0.25) is 0 Å². The van der Waals surface area contributed by atoms with Crippen LogP contribution in [0.15, 0.2) is 24.3 Å². The van der Waals surface area contributed by atoms with Gasteiger partial charge in [-0.2, -0.15) is 5.26 Å². The molecule has 2 heterocycles. The fourth-order valence-electron chi connectivity index (χ4n) is 2.52. The third-order valence-electron chi connectivity index (χ3n) is 4.06. The van der Waals surface area contributed by atoms with Crippen LogP contribution in [0.3, 0.4) is 0 Å². The number of anilines is 1. The van der Waals surface area contributed by atoms with Gasteiger partial charge in [-0.1, -0.05) is 0 Å². The molecule has 3 aromatic rings. The van der Waals surface area contributed by atoms with Crippen molar-refractivity contribution in [2.75, 3.05) is 25.6 Å². The largest absolute Gasteiger partial charge is 0.497 e. The van der Waals surface area contributed by atoms with E-state index < -0.39 is 0 Å². The molecule has 2 aromatic heterocycles. The van der Waals surface area contributed by atoms with Gasteiger partial charge in [0.05, 0.1) is 12.5 Å². The Bertz CT molecular complexity index is 925. The SMILES string of the molecule is CCN(C)c1nc(-c2ccc(OC)cc2)nc2sc(C#N)c(C)c12. The van der Waals surface area contributed by atoms with Gasteiger partial charge in [-0.3, -0.25) is 0 Å². The van der Waals surface area contributed by atoms with Crippen molar-refractivity contribution in [1.29, 1.82) is 5.26 Å². The van der Waals surface area contributed by atoms with Crippen molar-refractivity contribution in [2.24, 2.45) is 0 Å². The van der Waals surface area contributed by atoms with Gasteiger partial charge in [0.1, 0.15) is 27.3 Å². The lowest BCUT2D eigenvalue weighted by molar-refractivity contribution is 0.415. The summed E-state index contributed by atoms with van der Waals surface area (Å²) in [4.78, 5) is 13.1. The third kappa shape index (κ3) is 2.68. The lowest BCUT2D eigenvalue weighted by Gasteiger charge is -2.18. The maximum Gasteiger partial charge on any atom is 0.163 e. The smallest absolute Gasteiger partial charge is 0.163 e. The minimum absolute atomic E-state index is 0.659. The quantitative estimate of drug-likeness (QED) is 0.719. The summed E-state index contributed by atoms with van der Waals surface area (Å²) in [7, 11) is 3.65. The molecule has 3 rings (SSSR count). The zero-order valence-electron chi connectivity index (χ0n) is 14.1. The Morgan fingerprint density at radius 1 is 1.25 bits per heavy atom. The Labute approximate surface area is 145 Å². The molecule has 0 atom stereocenters. The molecule has 5 nitrogen and oxygen atoms in total. The van der Waals surface area contributed by atoms with Gasteiger partial charge >= 0.3 is 0 Å². The van der Waals surface area contributed by atoms with Crippen molar-refractivity contribution in [3.63, 3.8) is 0 Å². The van der Waals surface area contributed by atoms with Crippen LogP contribution in [-0.4, -0.2) is 30.7 Å². The highest BCUT2D eigenvalue weighted by Crippen LogP contribution is 2.36. The predicted octanol–water partition coefficient (Wildman–Crippen LogP) is 4.00. The average Bonchev–Trinajstić information content (AvgIpc) is 2.96. The van der Waals surface area contributed by atoms with E-state index in [0.717, 1.165) is 39.5 Å². The van der Waals surface area contributed by atoms with Crippen LogP contribution in [0.2, 0.25) is 0 Å². The summed E-state index contributed by atoms with van der Waals surface area (Å²) in [5, 5.41) is 10.3. The summed E-state index contributed by atoms with van der Waals surface area (Å²) in [5.41, 5.74) is 1.88. The number of hydrogen-bond acceptors (Lipinski definition) is 6. The van der Waals surface area contributed by atoms with E-state index in [1.54, 1.807) is 7.11 Å². The first-order chi connectivity index (χ1) is 11.6. The standard InChI is InChI=1S/C18H18N4OS/c1-5-22(3)17-15-11(2)14(10-19)24-18(15)21-16(20-17)12-6-8-13(23-4)9-7-12/h6-9H,5H2,1-4H3. The van der Waals surface area contributed by atoms with Crippen molar-refractivity contribution in [3.05, 3.63) is 34.7 Å². The second-order valence-corrected chi connectivity index (χ2v) is 6.46. The molecule has 0 bridgehead atoms. The number of hydrogen-bond donors (Lipinski definition) is 0. The van der Waals surface area contributed by atoms with Crippen molar-refractivity contribution in [2.45, 2.75) is 13.8 Å². The van der Waals surface area contributed by atoms with Crippen molar-refractivity contribution in [1.82, 2.24) is 9.97 Å². The van der Waals surface area contributed by atoms with E-state index in [-0.39, 0.29) is 0 Å². The Kier molecular flexibility index (Phi) is 4.36. The van der Waals surface area contributed by atoms with Gasteiger partial charge in [0.25, 0.3) is 0 Å². The molecule has 122 valence electrons. The van der Waals surface area contributed by atoms with E-state index in [1.165, 1.54) is 11.3 Å². The van der Waals surface area contributed by atoms with E-state index in [2.05, 4.69) is 17.9 Å². The number of methoxy groups -OCH3 is 1. The van der Waals surface area contributed by atoms with E-state index in [4.69, 9.17) is 14.7 Å². The summed E-state index contributed by atoms with van der Waals surface area (Å²) in [5.74, 6) is 2.32. The van der Waals surface area contributed by atoms with E-state index in [1.807, 2.05) is 38.2 Å². The second kappa shape index (κ2) is 6.46. The summed E-state index contributed by atoms with van der Waals surface area (Å²) in [6, 6.07) is 9.94. The summed E-state index contributed by atoms with van der Waals surface area (Å²) >= 11 is 1.42. The molecule has 0 saturated heterocycles. The van der Waals surface area contributed by atoms with Gasteiger partial charge in [-0.15, -0.1) is 11.3 Å². The molecule has 1 aromatic carbocycles. The number of rotatable bonds is 4. The first kappa shape index (κ1) is 16.2. The molecule has 0 fully saturated rings. The molecule has 0 aliphatic carbocycles. The first-order valence-electron chi connectivity index (χ1n) is 7.65. The molecule has 6 heteroatoms. The molecular weight excluding hydrogens is 320 g/mol. The summed E-state index contributed by atoms with van der Waals surface area (Å²) < 4.78 is 5.21. The van der Waals surface area contributed by atoms with E-state index in [0.29, 0.717) is 10.7 Å². The monoisotopic (exact) mass is 338 g/mol. The van der Waals surface area contributed by atoms with Crippen LogP contribution in [0.5, 0.6) is 5.75 Å². The molecule has 24 heavy (non-hydrogen) atoms. The Hall–Kier alpha value is -2.65. The van der Waals surface area contributed by atoms with E-state index in [9.17, 15) is 5.26 Å². The third-order valence-corrected chi connectivity index (χ3v) is 5.15. The zero-order valence-corrected chi connectivity index (χ0v) is 14.9. The van der Waals surface area contributed by atoms with Crippen molar-refractivity contribution in [3.8, 4) is 23.2 Å². The Morgan fingerprint density at radius 3 is 2.54 bits per heavy atom. The number of nitrogens with zero attached hydrogens (tertiary/aromatic N) is 4. The number of benzene rings is 1. The van der Waals surface area contributed by atoms with Crippen molar-refractivity contribution >= 4 is 27.4 Å². The van der Waals surface area contributed by atoms with Crippen LogP contribution >= 0.6 is 11.3 Å². The molecule has 0 spiro atoms. The van der Waals surface area contributed by atoms with Gasteiger partial charge in [-0.05, 0) is 43.7 Å². The highest BCUT2D eigenvalue weighted by Gasteiger charge is 2.18. The normalized spacial score (nSPS) is 10.6. The van der Waals surface area contributed by atoms with Gasteiger partial charge in [-0.25, -0.2) is 9.97 Å². The highest BCUT2D eigenvalue weighted by atomic mass is 32.1. The molecular formula is C18H18N4OS. The van der Waals surface area contributed by atoms with Gasteiger partial charge in [0, 0.05) is 19.2 Å². The van der Waals surface area contributed by atoms with Gasteiger partial charge in [0.15, 0.2) is 5.82 Å². The average molecular weight is 338 g/mol. The molecule has 0 N–H and O–H groups in total. The number of ether oxygens (including phenoxy) is 1. The minimum atomic E-state index is 0.659. The minimum Gasteiger partial charge on any atom is -0.497 e. The zero-order chi connectivity index (χ0) is 17.3. The van der Waals surface area contributed by atoms with Crippen LogP contribution in [0.4, 0.5) is 5.82 Å². The van der Waals surface area contributed by atoms with Crippen molar-refractivity contribution < 1.29 is 4.74 Å². The predicted molar refractivity (Wildman–Crippen MR) is 97.8 cm³/mol. The molecule has 0 aliphatic heterocycles. The van der Waals surface area contributed by atoms with Crippen LogP contribution in [0.25, 0.3) is 21.6 Å². The topological polar surface area (TPSA) is 62.0 Å². The highest BCUT2D eigenvalue weighted by molar-refractivity contribution is 7.19. The molecule has 0 amide bonds.